The SMILES string of the molecule is CC(C)NCC1CCCN(C2CCCC2)C1. The Morgan fingerprint density at radius 2 is 1.88 bits per heavy atom. The molecule has 1 aliphatic heterocycles. The van der Waals surface area contributed by atoms with Crippen molar-refractivity contribution in [2.24, 2.45) is 5.92 Å². The van der Waals surface area contributed by atoms with Gasteiger partial charge in [-0.05, 0) is 44.7 Å². The molecule has 2 rings (SSSR count). The molecule has 1 N–H and O–H groups in total. The number of nitrogens with one attached hydrogen (secondary N) is 1. The number of nitrogens with zero attached hydrogens (tertiary/aromatic N) is 1. The Balaban J connectivity index is 1.74. The van der Waals surface area contributed by atoms with E-state index in [1.54, 1.807) is 0 Å². The molecule has 2 heteroatoms. The van der Waals surface area contributed by atoms with Crippen molar-refractivity contribution in [2.75, 3.05) is 19.6 Å². The molecule has 94 valence electrons. The minimum Gasteiger partial charge on any atom is -0.314 e. The van der Waals surface area contributed by atoms with Gasteiger partial charge in [0.25, 0.3) is 0 Å². The summed E-state index contributed by atoms with van der Waals surface area (Å²) in [7, 11) is 0. The summed E-state index contributed by atoms with van der Waals surface area (Å²) in [4.78, 5) is 2.78. The second-order valence-electron chi connectivity index (χ2n) is 6.00. The topological polar surface area (TPSA) is 15.3 Å². The first-order chi connectivity index (χ1) is 7.75. The molecule has 0 aromatic rings. The highest BCUT2D eigenvalue weighted by molar-refractivity contribution is 4.83. The highest BCUT2D eigenvalue weighted by Gasteiger charge is 2.27. The van der Waals surface area contributed by atoms with E-state index in [-0.39, 0.29) is 0 Å². The molecule has 1 saturated heterocycles. The number of hydrogen-bond acceptors (Lipinski definition) is 2. The summed E-state index contributed by atoms with van der Waals surface area (Å²) in [6, 6.07) is 1.57. The van der Waals surface area contributed by atoms with Gasteiger partial charge < -0.3 is 10.2 Å². The Morgan fingerprint density at radius 1 is 1.12 bits per heavy atom. The molecular formula is C14H28N2. The summed E-state index contributed by atoms with van der Waals surface area (Å²) in [5.74, 6) is 0.900. The summed E-state index contributed by atoms with van der Waals surface area (Å²) in [5.41, 5.74) is 0. The van der Waals surface area contributed by atoms with E-state index in [9.17, 15) is 0 Å². The highest BCUT2D eigenvalue weighted by atomic mass is 15.2. The van der Waals surface area contributed by atoms with E-state index in [0.29, 0.717) is 6.04 Å². The molecule has 2 fully saturated rings. The lowest BCUT2D eigenvalue weighted by molar-refractivity contribution is 0.123. The predicted molar refractivity (Wildman–Crippen MR) is 69.7 cm³/mol. The molecule has 2 nitrogen and oxygen atoms in total. The standard InChI is InChI=1S/C14H28N2/c1-12(2)15-10-13-6-5-9-16(11-13)14-7-3-4-8-14/h12-15H,3-11H2,1-2H3. The molecule has 16 heavy (non-hydrogen) atoms. The summed E-state index contributed by atoms with van der Waals surface area (Å²) in [6.45, 7) is 8.43. The normalized spacial score (nSPS) is 29.1. The molecule has 1 heterocycles. The fraction of sp³-hybridized carbons (Fsp3) is 1.00. The first-order valence-electron chi connectivity index (χ1n) is 7.23. The molecule has 0 aromatic carbocycles. The third-order valence-corrected chi connectivity index (χ3v) is 4.21. The van der Waals surface area contributed by atoms with E-state index < -0.39 is 0 Å². The Hall–Kier alpha value is -0.0800. The highest BCUT2D eigenvalue weighted by Crippen LogP contribution is 2.27. The monoisotopic (exact) mass is 224 g/mol. The van der Waals surface area contributed by atoms with Gasteiger partial charge in [0.05, 0.1) is 0 Å². The number of piperidine rings is 1. The summed E-state index contributed by atoms with van der Waals surface area (Å²) < 4.78 is 0. The Bertz CT molecular complexity index is 197. The van der Waals surface area contributed by atoms with E-state index in [4.69, 9.17) is 0 Å². The van der Waals surface area contributed by atoms with Gasteiger partial charge in [-0.2, -0.15) is 0 Å². The van der Waals surface area contributed by atoms with Crippen LogP contribution in [0.15, 0.2) is 0 Å². The molecular weight excluding hydrogens is 196 g/mol. The second kappa shape index (κ2) is 6.02. The number of likely N-dealkylation sites (tertiary alicyclic amines) is 1. The minimum absolute atomic E-state index is 0.641. The third-order valence-electron chi connectivity index (χ3n) is 4.21. The van der Waals surface area contributed by atoms with Crippen LogP contribution in [-0.2, 0) is 0 Å². The van der Waals surface area contributed by atoms with Crippen molar-refractivity contribution in [3.05, 3.63) is 0 Å². The number of hydrogen-bond donors (Lipinski definition) is 1. The van der Waals surface area contributed by atoms with Gasteiger partial charge in [-0.25, -0.2) is 0 Å². The first kappa shape index (κ1) is 12.4. The van der Waals surface area contributed by atoms with Gasteiger partial charge in [0.15, 0.2) is 0 Å². The quantitative estimate of drug-likeness (QED) is 0.790. The molecule has 0 aromatic heterocycles. The molecule has 0 radical (unpaired) electrons. The van der Waals surface area contributed by atoms with Crippen LogP contribution in [-0.4, -0.2) is 36.6 Å². The van der Waals surface area contributed by atoms with Gasteiger partial charge in [0.1, 0.15) is 0 Å². The third kappa shape index (κ3) is 3.46. The fourth-order valence-corrected chi connectivity index (χ4v) is 3.27. The predicted octanol–water partition coefficient (Wildman–Crippen LogP) is 2.64. The van der Waals surface area contributed by atoms with Crippen molar-refractivity contribution < 1.29 is 0 Å². The smallest absolute Gasteiger partial charge is 0.00953 e. The Kier molecular flexibility index (Phi) is 4.66. The van der Waals surface area contributed by atoms with E-state index >= 15 is 0 Å². The average Bonchev–Trinajstić information content (AvgIpc) is 2.80. The zero-order valence-corrected chi connectivity index (χ0v) is 11.0. The maximum Gasteiger partial charge on any atom is 0.00953 e. The van der Waals surface area contributed by atoms with Gasteiger partial charge in [0, 0.05) is 18.6 Å². The van der Waals surface area contributed by atoms with Crippen LogP contribution < -0.4 is 5.32 Å². The van der Waals surface area contributed by atoms with Gasteiger partial charge in [-0.1, -0.05) is 26.7 Å². The summed E-state index contributed by atoms with van der Waals surface area (Å²) in [5, 5.41) is 3.60. The lowest BCUT2D eigenvalue weighted by atomic mass is 9.96. The molecule has 2 aliphatic rings. The second-order valence-corrected chi connectivity index (χ2v) is 6.00. The molecule has 1 atom stereocenters. The van der Waals surface area contributed by atoms with Crippen molar-refractivity contribution in [1.29, 1.82) is 0 Å². The Labute approximate surface area is 101 Å². The van der Waals surface area contributed by atoms with Crippen LogP contribution in [0.4, 0.5) is 0 Å². The van der Waals surface area contributed by atoms with Crippen LogP contribution in [0, 0.1) is 5.92 Å². The zero-order chi connectivity index (χ0) is 11.4. The lowest BCUT2D eigenvalue weighted by Crippen LogP contribution is -2.44. The van der Waals surface area contributed by atoms with Crippen molar-refractivity contribution in [1.82, 2.24) is 10.2 Å². The van der Waals surface area contributed by atoms with Crippen LogP contribution in [0.5, 0.6) is 0 Å². The van der Waals surface area contributed by atoms with Crippen molar-refractivity contribution in [2.45, 2.75) is 64.5 Å². The van der Waals surface area contributed by atoms with E-state index in [1.807, 2.05) is 0 Å². The molecule has 0 amide bonds. The van der Waals surface area contributed by atoms with Crippen LogP contribution in [0.3, 0.4) is 0 Å². The van der Waals surface area contributed by atoms with Crippen LogP contribution in [0.1, 0.15) is 52.4 Å². The zero-order valence-electron chi connectivity index (χ0n) is 11.0. The Morgan fingerprint density at radius 3 is 2.56 bits per heavy atom. The van der Waals surface area contributed by atoms with Crippen LogP contribution in [0.2, 0.25) is 0 Å². The maximum atomic E-state index is 3.60. The summed E-state index contributed by atoms with van der Waals surface area (Å²) in [6.07, 6.45) is 8.71. The molecule has 1 saturated carbocycles. The maximum absolute atomic E-state index is 3.60. The van der Waals surface area contributed by atoms with Gasteiger partial charge in [0.2, 0.25) is 0 Å². The van der Waals surface area contributed by atoms with Gasteiger partial charge in [-0.15, -0.1) is 0 Å². The molecule has 0 bridgehead atoms. The fourth-order valence-electron chi connectivity index (χ4n) is 3.27. The first-order valence-corrected chi connectivity index (χ1v) is 7.23. The van der Waals surface area contributed by atoms with Crippen molar-refractivity contribution in [3.63, 3.8) is 0 Å². The van der Waals surface area contributed by atoms with Crippen molar-refractivity contribution >= 4 is 0 Å². The molecule has 1 unspecified atom stereocenters. The van der Waals surface area contributed by atoms with Crippen LogP contribution >= 0.6 is 0 Å². The average molecular weight is 224 g/mol. The molecule has 0 spiro atoms. The summed E-state index contributed by atoms with van der Waals surface area (Å²) >= 11 is 0. The largest absolute Gasteiger partial charge is 0.314 e. The van der Waals surface area contributed by atoms with E-state index in [1.165, 1.54) is 58.2 Å². The molecule has 1 aliphatic carbocycles. The lowest BCUT2D eigenvalue weighted by Gasteiger charge is -2.37. The van der Waals surface area contributed by atoms with Crippen molar-refractivity contribution in [3.8, 4) is 0 Å². The van der Waals surface area contributed by atoms with Gasteiger partial charge in [-0.3, -0.25) is 0 Å². The van der Waals surface area contributed by atoms with Crippen LogP contribution in [0.25, 0.3) is 0 Å². The van der Waals surface area contributed by atoms with E-state index in [2.05, 4.69) is 24.1 Å². The van der Waals surface area contributed by atoms with E-state index in [0.717, 1.165) is 12.0 Å². The van der Waals surface area contributed by atoms with Gasteiger partial charge >= 0.3 is 0 Å². The minimum atomic E-state index is 0.641. The number of rotatable bonds is 4.